The summed E-state index contributed by atoms with van der Waals surface area (Å²) in [5.74, 6) is -0.684. The van der Waals surface area contributed by atoms with Crippen LogP contribution in [0.15, 0.2) is 0 Å². The van der Waals surface area contributed by atoms with Crippen LogP contribution in [-0.2, 0) is 14.4 Å². The molecule has 2 fully saturated rings. The molecule has 3 amide bonds. The van der Waals surface area contributed by atoms with Gasteiger partial charge >= 0.3 is 0 Å². The highest BCUT2D eigenvalue weighted by Crippen LogP contribution is 2.38. The van der Waals surface area contributed by atoms with Crippen LogP contribution >= 0.6 is 11.8 Å². The molecule has 0 aliphatic carbocycles. The molecular weight excluding hydrogens is 346 g/mol. The van der Waals surface area contributed by atoms with Crippen LogP contribution in [-0.4, -0.2) is 75.7 Å². The molecule has 9 nitrogen and oxygen atoms in total. The zero-order valence-corrected chi connectivity index (χ0v) is 15.5. The van der Waals surface area contributed by atoms with Gasteiger partial charge in [0, 0.05) is 5.75 Å². The van der Waals surface area contributed by atoms with E-state index in [0.29, 0.717) is 18.8 Å². The molecule has 0 aromatic heterocycles. The maximum Gasteiger partial charge on any atom is 0.242 e. The van der Waals surface area contributed by atoms with E-state index in [9.17, 15) is 19.5 Å². The first-order valence-electron chi connectivity index (χ1n) is 8.30. The number of thioether (sulfide) groups is 1. The fourth-order valence-electron chi connectivity index (χ4n) is 2.87. The number of nitrogens with one attached hydrogen (secondary N) is 2. The molecule has 0 saturated carbocycles. The largest absolute Gasteiger partial charge is 0.391 e. The standard InChI is InChI=1S/C15H27N5O4S/c1-7(2)10(16)14(24)20-5-15(6-20)19-9(4-25-15)13(23)18-11(8(3)21)12(17)22/h7-11,19,21H,4-6,16H2,1-3H3,(H2,17,22)(H,18,23)/t8-,9?,10+,11+/m1/s1. The Balaban J connectivity index is 1.87. The summed E-state index contributed by atoms with van der Waals surface area (Å²) >= 11 is 1.57. The van der Waals surface area contributed by atoms with Crippen LogP contribution in [0.4, 0.5) is 0 Å². The molecule has 7 N–H and O–H groups in total. The van der Waals surface area contributed by atoms with Crippen molar-refractivity contribution in [1.29, 1.82) is 0 Å². The summed E-state index contributed by atoms with van der Waals surface area (Å²) in [7, 11) is 0. The van der Waals surface area contributed by atoms with E-state index < -0.39 is 36.0 Å². The van der Waals surface area contributed by atoms with Gasteiger partial charge in [0.25, 0.3) is 0 Å². The Morgan fingerprint density at radius 2 is 1.92 bits per heavy atom. The Labute approximate surface area is 151 Å². The lowest BCUT2D eigenvalue weighted by Gasteiger charge is -2.48. The zero-order valence-electron chi connectivity index (χ0n) is 14.7. The number of rotatable bonds is 6. The third-order valence-corrected chi connectivity index (χ3v) is 6.00. The molecule has 1 spiro atoms. The second-order valence-electron chi connectivity index (χ2n) is 7.10. The van der Waals surface area contributed by atoms with Crippen molar-refractivity contribution in [2.75, 3.05) is 18.8 Å². The maximum absolute atomic E-state index is 12.3. The van der Waals surface area contributed by atoms with Crippen molar-refractivity contribution in [3.8, 4) is 0 Å². The van der Waals surface area contributed by atoms with Crippen molar-refractivity contribution < 1.29 is 19.5 Å². The summed E-state index contributed by atoms with van der Waals surface area (Å²) in [6.07, 6.45) is -1.07. The molecule has 2 aliphatic rings. The van der Waals surface area contributed by atoms with Crippen LogP contribution < -0.4 is 22.1 Å². The Hall–Kier alpha value is -1.36. The summed E-state index contributed by atoms with van der Waals surface area (Å²) in [4.78, 5) is 37.1. The molecule has 4 atom stereocenters. The third-order valence-electron chi connectivity index (χ3n) is 4.57. The number of carbonyl (C=O) groups excluding carboxylic acids is 3. The first-order valence-corrected chi connectivity index (χ1v) is 9.28. The van der Waals surface area contributed by atoms with Crippen LogP contribution in [0.3, 0.4) is 0 Å². The molecule has 2 rings (SSSR count). The summed E-state index contributed by atoms with van der Waals surface area (Å²) in [5.41, 5.74) is 11.1. The molecule has 0 aromatic rings. The van der Waals surface area contributed by atoms with Crippen molar-refractivity contribution in [2.45, 2.75) is 49.9 Å². The van der Waals surface area contributed by atoms with E-state index in [1.54, 1.807) is 16.7 Å². The topological polar surface area (TPSA) is 151 Å². The Morgan fingerprint density at radius 3 is 2.40 bits per heavy atom. The summed E-state index contributed by atoms with van der Waals surface area (Å²) < 4.78 is 0. The Morgan fingerprint density at radius 1 is 1.32 bits per heavy atom. The van der Waals surface area contributed by atoms with Gasteiger partial charge in [-0.1, -0.05) is 13.8 Å². The maximum atomic E-state index is 12.3. The lowest BCUT2D eigenvalue weighted by atomic mass is 10.00. The monoisotopic (exact) mass is 373 g/mol. The Bertz CT molecular complexity index is 550. The minimum atomic E-state index is -1.13. The van der Waals surface area contributed by atoms with Gasteiger partial charge in [0.2, 0.25) is 17.7 Å². The zero-order chi connectivity index (χ0) is 18.9. The van der Waals surface area contributed by atoms with Crippen LogP contribution in [0.2, 0.25) is 0 Å². The highest BCUT2D eigenvalue weighted by Gasteiger charge is 2.52. The number of amides is 3. The minimum Gasteiger partial charge on any atom is -0.391 e. The van der Waals surface area contributed by atoms with E-state index in [1.807, 2.05) is 13.8 Å². The van der Waals surface area contributed by atoms with Gasteiger partial charge in [0.05, 0.1) is 31.3 Å². The van der Waals surface area contributed by atoms with Crippen molar-refractivity contribution >= 4 is 29.5 Å². The predicted molar refractivity (Wildman–Crippen MR) is 94.3 cm³/mol. The third kappa shape index (κ3) is 4.25. The quantitative estimate of drug-likeness (QED) is 0.347. The van der Waals surface area contributed by atoms with Gasteiger partial charge in [-0.2, -0.15) is 0 Å². The van der Waals surface area contributed by atoms with Gasteiger partial charge in [-0.15, -0.1) is 11.8 Å². The van der Waals surface area contributed by atoms with Gasteiger partial charge in [-0.3, -0.25) is 19.7 Å². The highest BCUT2D eigenvalue weighted by molar-refractivity contribution is 8.01. The number of nitrogens with two attached hydrogens (primary N) is 2. The van der Waals surface area contributed by atoms with E-state index in [-0.39, 0.29) is 16.7 Å². The van der Waals surface area contributed by atoms with Crippen molar-refractivity contribution in [3.63, 3.8) is 0 Å². The van der Waals surface area contributed by atoms with Gasteiger partial charge < -0.3 is 26.8 Å². The van der Waals surface area contributed by atoms with Crippen LogP contribution in [0.1, 0.15) is 20.8 Å². The number of likely N-dealkylation sites (tertiary alicyclic amines) is 1. The second-order valence-corrected chi connectivity index (χ2v) is 8.50. The van der Waals surface area contributed by atoms with E-state index >= 15 is 0 Å². The fourth-order valence-corrected chi connectivity index (χ4v) is 4.31. The molecule has 1 unspecified atom stereocenters. The van der Waals surface area contributed by atoms with Crippen molar-refractivity contribution in [2.24, 2.45) is 17.4 Å². The molecule has 2 saturated heterocycles. The van der Waals surface area contributed by atoms with Crippen LogP contribution in [0, 0.1) is 5.92 Å². The number of aliphatic hydroxyl groups is 1. The second kappa shape index (κ2) is 7.48. The molecule has 0 radical (unpaired) electrons. The molecule has 2 aliphatic heterocycles. The molecule has 25 heavy (non-hydrogen) atoms. The average Bonchev–Trinajstić information content (AvgIpc) is 2.94. The number of aliphatic hydroxyl groups excluding tert-OH is 1. The SMILES string of the molecule is CC(C)[C@H](N)C(=O)N1CC2(C1)NC(C(=O)N[C@H](C(N)=O)[C@@H](C)O)CS2. The average molecular weight is 373 g/mol. The van der Waals surface area contributed by atoms with Gasteiger partial charge in [-0.25, -0.2) is 0 Å². The normalized spacial score (nSPS) is 25.4. The summed E-state index contributed by atoms with van der Waals surface area (Å²) in [5, 5.41) is 15.2. The molecule has 0 bridgehead atoms. The molecular formula is C15H27N5O4S. The summed E-state index contributed by atoms with van der Waals surface area (Å²) in [6.45, 7) is 6.16. The van der Waals surface area contributed by atoms with E-state index in [0.717, 1.165) is 0 Å². The number of hydrogen-bond acceptors (Lipinski definition) is 7. The molecule has 10 heteroatoms. The highest BCUT2D eigenvalue weighted by atomic mass is 32.2. The van der Waals surface area contributed by atoms with Crippen LogP contribution in [0.25, 0.3) is 0 Å². The number of carbonyl (C=O) groups is 3. The lowest BCUT2D eigenvalue weighted by molar-refractivity contribution is -0.139. The van der Waals surface area contributed by atoms with E-state index in [1.165, 1.54) is 6.92 Å². The first kappa shape index (κ1) is 20.0. The van der Waals surface area contributed by atoms with Crippen molar-refractivity contribution in [3.05, 3.63) is 0 Å². The fraction of sp³-hybridized carbons (Fsp3) is 0.800. The van der Waals surface area contributed by atoms with Gasteiger partial charge in [0.15, 0.2) is 0 Å². The molecule has 0 aromatic carbocycles. The molecule has 142 valence electrons. The number of primary amides is 1. The minimum absolute atomic E-state index is 0.0676. The number of nitrogens with zero attached hydrogens (tertiary/aromatic N) is 1. The van der Waals surface area contributed by atoms with Crippen molar-refractivity contribution in [1.82, 2.24) is 15.5 Å². The lowest BCUT2D eigenvalue weighted by Crippen LogP contribution is -2.70. The van der Waals surface area contributed by atoms with Crippen LogP contribution in [0.5, 0.6) is 0 Å². The molecule has 2 heterocycles. The predicted octanol–water partition coefficient (Wildman–Crippen LogP) is -2.44. The summed E-state index contributed by atoms with van der Waals surface area (Å²) in [6, 6.07) is -2.16. The first-order chi connectivity index (χ1) is 11.6. The number of hydrogen-bond donors (Lipinski definition) is 5. The Kier molecular flexibility index (Phi) is 5.97. The van der Waals surface area contributed by atoms with E-state index in [4.69, 9.17) is 11.5 Å². The van der Waals surface area contributed by atoms with E-state index in [2.05, 4.69) is 10.6 Å². The van der Waals surface area contributed by atoms with Gasteiger partial charge in [-0.05, 0) is 12.8 Å². The smallest absolute Gasteiger partial charge is 0.242 e. The van der Waals surface area contributed by atoms with Gasteiger partial charge in [0.1, 0.15) is 10.9 Å².